The van der Waals surface area contributed by atoms with Crippen LogP contribution in [0.4, 0.5) is 0 Å². The highest BCUT2D eigenvalue weighted by Gasteiger charge is 2.39. The maximum absolute atomic E-state index is 12.2. The van der Waals surface area contributed by atoms with E-state index in [-0.39, 0.29) is 18.7 Å². The van der Waals surface area contributed by atoms with E-state index in [1.54, 1.807) is 24.3 Å². The normalized spacial score (nSPS) is 15.3. The number of halogens is 1. The molecule has 0 spiro atoms. The Hall–Kier alpha value is -2.39. The Morgan fingerprint density at radius 3 is 2.71 bits per heavy atom. The van der Waals surface area contributed by atoms with Crippen LogP contribution in [0.25, 0.3) is 0 Å². The number of hydrogen-bond acceptors (Lipinski definition) is 4. The summed E-state index contributed by atoms with van der Waals surface area (Å²) in [5.41, 5.74) is 0.128. The molecule has 6 nitrogen and oxygen atoms in total. The summed E-state index contributed by atoms with van der Waals surface area (Å²) in [6, 6.07) is 6.16. The minimum absolute atomic E-state index is 0.203. The Bertz CT molecular complexity index is 691. The molecule has 2 rings (SSSR count). The van der Waals surface area contributed by atoms with Crippen LogP contribution in [0.2, 0.25) is 5.02 Å². The van der Waals surface area contributed by atoms with Gasteiger partial charge in [0.2, 0.25) is 5.91 Å². The standard InChI is InChI=1S/C17H18ClN3O3/c1-2-3-8-17(20-21-17)9-7-15(22)19-14(11-16(23)24)12-5-4-6-13(18)10-12/h1,4-6,10,14H,3,7-9,11H2,(H,19,22)(H,23,24)/t14-/m0/s1. The maximum Gasteiger partial charge on any atom is 0.305 e. The average Bonchev–Trinajstić information content (AvgIpc) is 3.30. The molecule has 1 atom stereocenters. The predicted octanol–water partition coefficient (Wildman–Crippen LogP) is 3.33. The van der Waals surface area contributed by atoms with Crippen molar-refractivity contribution in [3.63, 3.8) is 0 Å². The van der Waals surface area contributed by atoms with Crippen LogP contribution in [0.15, 0.2) is 34.5 Å². The van der Waals surface area contributed by atoms with Gasteiger partial charge in [-0.05, 0) is 17.7 Å². The summed E-state index contributed by atoms with van der Waals surface area (Å²) in [5.74, 6) is 1.28. The molecule has 0 aliphatic carbocycles. The molecule has 0 unspecified atom stereocenters. The maximum atomic E-state index is 12.2. The molecule has 0 radical (unpaired) electrons. The molecule has 0 saturated carbocycles. The minimum atomic E-state index is -1.00. The van der Waals surface area contributed by atoms with E-state index < -0.39 is 17.7 Å². The third-order valence-electron chi connectivity index (χ3n) is 3.77. The summed E-state index contributed by atoms with van der Waals surface area (Å²) in [4.78, 5) is 23.2. The van der Waals surface area contributed by atoms with Crippen LogP contribution in [-0.2, 0) is 9.59 Å². The van der Waals surface area contributed by atoms with Crippen molar-refractivity contribution in [1.29, 1.82) is 0 Å². The van der Waals surface area contributed by atoms with Crippen LogP contribution in [0, 0.1) is 12.3 Å². The number of nitrogens with zero attached hydrogens (tertiary/aromatic N) is 2. The van der Waals surface area contributed by atoms with E-state index in [1.807, 2.05) is 0 Å². The van der Waals surface area contributed by atoms with Crippen molar-refractivity contribution in [2.75, 3.05) is 0 Å². The third kappa shape index (κ3) is 5.36. The lowest BCUT2D eigenvalue weighted by Crippen LogP contribution is -2.31. The number of amides is 1. The first-order valence-corrected chi connectivity index (χ1v) is 7.96. The topological polar surface area (TPSA) is 91.1 Å². The van der Waals surface area contributed by atoms with E-state index >= 15 is 0 Å². The highest BCUT2D eigenvalue weighted by molar-refractivity contribution is 6.30. The number of carbonyl (C=O) groups excluding carboxylic acids is 1. The van der Waals surface area contributed by atoms with Gasteiger partial charge in [0.05, 0.1) is 12.5 Å². The van der Waals surface area contributed by atoms with Gasteiger partial charge in [-0.2, -0.15) is 10.2 Å². The predicted molar refractivity (Wildman–Crippen MR) is 89.5 cm³/mol. The monoisotopic (exact) mass is 347 g/mol. The molecular weight excluding hydrogens is 330 g/mol. The van der Waals surface area contributed by atoms with E-state index in [1.165, 1.54) is 0 Å². The molecule has 7 heteroatoms. The van der Waals surface area contributed by atoms with Gasteiger partial charge < -0.3 is 10.4 Å². The van der Waals surface area contributed by atoms with Gasteiger partial charge in [-0.1, -0.05) is 23.7 Å². The van der Waals surface area contributed by atoms with Crippen molar-refractivity contribution < 1.29 is 14.7 Å². The Labute approximate surface area is 145 Å². The number of terminal acetylenes is 1. The van der Waals surface area contributed by atoms with Crippen LogP contribution in [0.1, 0.15) is 43.7 Å². The molecule has 1 aromatic rings. The second kappa shape index (κ2) is 7.93. The first kappa shape index (κ1) is 18.0. The van der Waals surface area contributed by atoms with Gasteiger partial charge in [-0.15, -0.1) is 12.3 Å². The summed E-state index contributed by atoms with van der Waals surface area (Å²) in [6.45, 7) is 0. The molecular formula is C17H18ClN3O3. The number of benzene rings is 1. The summed E-state index contributed by atoms with van der Waals surface area (Å²) in [5, 5.41) is 20.3. The molecule has 0 fully saturated rings. The smallest absolute Gasteiger partial charge is 0.305 e. The van der Waals surface area contributed by atoms with E-state index in [0.717, 1.165) is 0 Å². The molecule has 1 amide bonds. The molecule has 2 N–H and O–H groups in total. The molecule has 0 bridgehead atoms. The average molecular weight is 348 g/mol. The van der Waals surface area contributed by atoms with Crippen molar-refractivity contribution in [2.24, 2.45) is 10.2 Å². The minimum Gasteiger partial charge on any atom is -0.481 e. The second-order valence-electron chi connectivity index (χ2n) is 5.66. The van der Waals surface area contributed by atoms with E-state index in [2.05, 4.69) is 21.5 Å². The zero-order valence-electron chi connectivity index (χ0n) is 13.0. The molecule has 24 heavy (non-hydrogen) atoms. The largest absolute Gasteiger partial charge is 0.481 e. The lowest BCUT2D eigenvalue weighted by Gasteiger charge is -2.18. The van der Waals surface area contributed by atoms with Gasteiger partial charge in [0.1, 0.15) is 0 Å². The summed E-state index contributed by atoms with van der Waals surface area (Å²) in [7, 11) is 0. The van der Waals surface area contributed by atoms with Crippen LogP contribution >= 0.6 is 11.6 Å². The zero-order chi connectivity index (χ0) is 17.6. The first-order chi connectivity index (χ1) is 11.4. The molecule has 0 saturated heterocycles. The summed E-state index contributed by atoms with van der Waals surface area (Å²) < 4.78 is 0. The fourth-order valence-electron chi connectivity index (χ4n) is 2.40. The second-order valence-corrected chi connectivity index (χ2v) is 6.10. The van der Waals surface area contributed by atoms with Gasteiger partial charge >= 0.3 is 5.97 Å². The number of carboxylic acid groups (broad SMARTS) is 1. The van der Waals surface area contributed by atoms with E-state index in [9.17, 15) is 9.59 Å². The van der Waals surface area contributed by atoms with E-state index in [4.69, 9.17) is 23.1 Å². The Morgan fingerprint density at radius 2 is 2.12 bits per heavy atom. The number of carboxylic acids is 1. The molecule has 126 valence electrons. The quantitative estimate of drug-likeness (QED) is 0.671. The van der Waals surface area contributed by atoms with Crippen LogP contribution in [-0.4, -0.2) is 22.6 Å². The SMILES string of the molecule is C#CCCC1(CCC(=O)N[C@@H](CC(=O)O)c2cccc(Cl)c2)N=N1. The number of rotatable bonds is 9. The van der Waals surface area contributed by atoms with E-state index in [0.29, 0.717) is 29.8 Å². The van der Waals surface area contributed by atoms with Gasteiger partial charge in [-0.3, -0.25) is 9.59 Å². The number of nitrogens with one attached hydrogen (secondary N) is 1. The lowest BCUT2D eigenvalue weighted by atomic mass is 10.0. The fourth-order valence-corrected chi connectivity index (χ4v) is 2.60. The fraction of sp³-hybridized carbons (Fsp3) is 0.412. The van der Waals surface area contributed by atoms with Gasteiger partial charge in [-0.25, -0.2) is 0 Å². The Kier molecular flexibility index (Phi) is 5.93. The van der Waals surface area contributed by atoms with Gasteiger partial charge in [0, 0.05) is 30.7 Å². The Balaban J connectivity index is 1.93. The molecule has 1 heterocycles. The van der Waals surface area contributed by atoms with Crippen LogP contribution in [0.5, 0.6) is 0 Å². The van der Waals surface area contributed by atoms with Gasteiger partial charge in [0.25, 0.3) is 0 Å². The van der Waals surface area contributed by atoms with Crippen molar-refractivity contribution >= 4 is 23.5 Å². The first-order valence-electron chi connectivity index (χ1n) is 7.58. The molecule has 1 aliphatic heterocycles. The lowest BCUT2D eigenvalue weighted by molar-refractivity contribution is -0.137. The molecule has 1 aliphatic rings. The van der Waals surface area contributed by atoms with Crippen molar-refractivity contribution in [3.8, 4) is 12.3 Å². The van der Waals surface area contributed by atoms with Crippen LogP contribution in [0.3, 0.4) is 0 Å². The van der Waals surface area contributed by atoms with Gasteiger partial charge in [0.15, 0.2) is 5.66 Å². The van der Waals surface area contributed by atoms with Crippen molar-refractivity contribution in [2.45, 2.75) is 43.8 Å². The Morgan fingerprint density at radius 1 is 1.38 bits per heavy atom. The number of aliphatic carboxylic acids is 1. The number of hydrogen-bond donors (Lipinski definition) is 2. The third-order valence-corrected chi connectivity index (χ3v) is 4.01. The molecule has 0 aromatic heterocycles. The van der Waals surface area contributed by atoms with Crippen molar-refractivity contribution in [3.05, 3.63) is 34.9 Å². The summed E-state index contributed by atoms with van der Waals surface area (Å²) in [6.07, 6.45) is 6.86. The highest BCUT2D eigenvalue weighted by Crippen LogP contribution is 2.37. The molecule has 1 aromatic carbocycles. The number of carbonyl (C=O) groups is 2. The zero-order valence-corrected chi connectivity index (χ0v) is 13.8. The highest BCUT2D eigenvalue weighted by atomic mass is 35.5. The van der Waals surface area contributed by atoms with Crippen molar-refractivity contribution in [1.82, 2.24) is 5.32 Å². The summed E-state index contributed by atoms with van der Waals surface area (Å²) >= 11 is 5.94. The van der Waals surface area contributed by atoms with Crippen LogP contribution < -0.4 is 5.32 Å².